The minimum absolute atomic E-state index is 0.00119. The summed E-state index contributed by atoms with van der Waals surface area (Å²) in [5.74, 6) is 0.996. The number of rotatable bonds is 5. The van der Waals surface area contributed by atoms with Crippen molar-refractivity contribution in [2.24, 2.45) is 5.92 Å². The van der Waals surface area contributed by atoms with Crippen LogP contribution in [0.1, 0.15) is 24.5 Å². The van der Waals surface area contributed by atoms with E-state index in [9.17, 15) is 10.1 Å². The van der Waals surface area contributed by atoms with Gasteiger partial charge in [-0.1, -0.05) is 30.3 Å². The molecule has 3 rings (SSSR count). The van der Waals surface area contributed by atoms with E-state index in [1.807, 2.05) is 18.2 Å². The second-order valence-electron chi connectivity index (χ2n) is 5.64. The molecule has 1 N–H and O–H groups in total. The second-order valence-corrected chi connectivity index (χ2v) is 5.64. The minimum Gasteiger partial charge on any atom is -0.373 e. The summed E-state index contributed by atoms with van der Waals surface area (Å²) in [5.41, 5.74) is 1.19. The van der Waals surface area contributed by atoms with E-state index < -0.39 is 4.92 Å². The van der Waals surface area contributed by atoms with Gasteiger partial charge in [0.05, 0.1) is 11.0 Å². The first-order valence-electron chi connectivity index (χ1n) is 7.75. The summed E-state index contributed by atoms with van der Waals surface area (Å²) in [6.45, 7) is 1.51. The summed E-state index contributed by atoms with van der Waals surface area (Å²) in [7, 11) is 0. The van der Waals surface area contributed by atoms with Gasteiger partial charge in [-0.3, -0.25) is 10.1 Å². The third-order valence-electron chi connectivity index (χ3n) is 4.08. The molecule has 1 aliphatic heterocycles. The van der Waals surface area contributed by atoms with Crippen molar-refractivity contribution in [1.29, 1.82) is 0 Å². The fourth-order valence-corrected chi connectivity index (χ4v) is 2.90. The Morgan fingerprint density at radius 2 is 2.09 bits per heavy atom. The van der Waals surface area contributed by atoms with Gasteiger partial charge in [-0.05, 0) is 24.5 Å². The first-order chi connectivity index (χ1) is 11.2. The van der Waals surface area contributed by atoms with E-state index in [4.69, 9.17) is 4.74 Å². The lowest BCUT2D eigenvalue weighted by atomic mass is 9.89. The summed E-state index contributed by atoms with van der Waals surface area (Å²) in [4.78, 5) is 14.3. The van der Waals surface area contributed by atoms with Gasteiger partial charge < -0.3 is 10.1 Å². The van der Waals surface area contributed by atoms with Crippen LogP contribution in [-0.2, 0) is 4.74 Å². The molecule has 0 aliphatic carbocycles. The molecule has 1 saturated heterocycles. The number of nitrogens with one attached hydrogen (secondary N) is 1. The zero-order valence-electron chi connectivity index (χ0n) is 12.7. The van der Waals surface area contributed by atoms with Gasteiger partial charge in [-0.25, -0.2) is 4.98 Å². The van der Waals surface area contributed by atoms with Gasteiger partial charge in [0.25, 0.3) is 5.69 Å². The number of anilines is 1. The van der Waals surface area contributed by atoms with Crippen LogP contribution in [0.3, 0.4) is 0 Å². The molecule has 2 heterocycles. The van der Waals surface area contributed by atoms with E-state index in [0.29, 0.717) is 11.7 Å². The number of pyridine rings is 1. The van der Waals surface area contributed by atoms with Crippen molar-refractivity contribution in [2.45, 2.75) is 18.9 Å². The second kappa shape index (κ2) is 7.19. The van der Waals surface area contributed by atoms with E-state index in [1.54, 1.807) is 6.07 Å². The molecule has 1 aliphatic rings. The monoisotopic (exact) mass is 313 g/mol. The SMILES string of the molecule is O=[N+]([O-])c1ccc(NCC2CCCOC2c2ccccc2)nc1. The van der Waals surface area contributed by atoms with Crippen molar-refractivity contribution < 1.29 is 9.66 Å². The number of nitrogens with zero attached hydrogens (tertiary/aromatic N) is 2. The molecule has 2 atom stereocenters. The Hall–Kier alpha value is -2.47. The van der Waals surface area contributed by atoms with Crippen LogP contribution in [0.2, 0.25) is 0 Å². The third-order valence-corrected chi connectivity index (χ3v) is 4.08. The van der Waals surface area contributed by atoms with Crippen molar-refractivity contribution >= 4 is 11.5 Å². The molecular formula is C17H19N3O3. The molecule has 6 nitrogen and oxygen atoms in total. The lowest BCUT2D eigenvalue weighted by Gasteiger charge is -2.32. The number of nitro groups is 1. The Balaban J connectivity index is 1.64. The Morgan fingerprint density at radius 1 is 1.26 bits per heavy atom. The van der Waals surface area contributed by atoms with Crippen molar-refractivity contribution in [3.05, 3.63) is 64.3 Å². The van der Waals surface area contributed by atoms with Gasteiger partial charge in [-0.2, -0.15) is 0 Å². The van der Waals surface area contributed by atoms with Crippen LogP contribution >= 0.6 is 0 Å². The highest BCUT2D eigenvalue weighted by atomic mass is 16.6. The molecule has 0 saturated carbocycles. The number of aromatic nitrogens is 1. The molecule has 1 aromatic carbocycles. The zero-order chi connectivity index (χ0) is 16.1. The number of ether oxygens (including phenoxy) is 1. The first kappa shape index (κ1) is 15.4. The van der Waals surface area contributed by atoms with Crippen LogP contribution in [-0.4, -0.2) is 23.1 Å². The lowest BCUT2D eigenvalue weighted by molar-refractivity contribution is -0.385. The van der Waals surface area contributed by atoms with Gasteiger partial charge in [0, 0.05) is 25.1 Å². The minimum atomic E-state index is -0.447. The van der Waals surface area contributed by atoms with E-state index in [-0.39, 0.29) is 11.8 Å². The molecule has 0 amide bonds. The van der Waals surface area contributed by atoms with Crippen LogP contribution in [0.5, 0.6) is 0 Å². The van der Waals surface area contributed by atoms with Crippen molar-refractivity contribution in [3.63, 3.8) is 0 Å². The Labute approximate surface area is 134 Å². The molecular weight excluding hydrogens is 294 g/mol. The topological polar surface area (TPSA) is 77.3 Å². The normalized spacial score (nSPS) is 20.9. The molecule has 2 unspecified atom stereocenters. The fraction of sp³-hybridized carbons (Fsp3) is 0.353. The van der Waals surface area contributed by atoms with Gasteiger partial charge >= 0.3 is 0 Å². The van der Waals surface area contributed by atoms with Crippen molar-refractivity contribution in [1.82, 2.24) is 4.98 Å². The first-order valence-corrected chi connectivity index (χ1v) is 7.75. The molecule has 0 radical (unpaired) electrons. The van der Waals surface area contributed by atoms with Crippen molar-refractivity contribution in [3.8, 4) is 0 Å². The summed E-state index contributed by atoms with van der Waals surface area (Å²) >= 11 is 0. The van der Waals surface area contributed by atoms with E-state index in [2.05, 4.69) is 22.4 Å². The van der Waals surface area contributed by atoms with E-state index in [0.717, 1.165) is 26.0 Å². The molecule has 120 valence electrons. The average Bonchev–Trinajstić information content (AvgIpc) is 2.61. The van der Waals surface area contributed by atoms with Crippen LogP contribution in [0.15, 0.2) is 48.7 Å². The quantitative estimate of drug-likeness (QED) is 0.674. The van der Waals surface area contributed by atoms with Gasteiger partial charge in [0.2, 0.25) is 0 Å². The number of hydrogen-bond donors (Lipinski definition) is 1. The average molecular weight is 313 g/mol. The number of hydrogen-bond acceptors (Lipinski definition) is 5. The molecule has 23 heavy (non-hydrogen) atoms. The molecule has 1 fully saturated rings. The maximum Gasteiger partial charge on any atom is 0.287 e. The molecule has 0 bridgehead atoms. The summed E-state index contributed by atoms with van der Waals surface area (Å²) in [6.07, 6.45) is 3.48. The van der Waals surface area contributed by atoms with Crippen molar-refractivity contribution in [2.75, 3.05) is 18.5 Å². The van der Waals surface area contributed by atoms with Gasteiger partial charge in [0.1, 0.15) is 12.0 Å². The molecule has 1 aromatic heterocycles. The number of benzene rings is 1. The maximum absolute atomic E-state index is 10.6. The van der Waals surface area contributed by atoms with Crippen LogP contribution in [0.25, 0.3) is 0 Å². The standard InChI is InChI=1S/C17H19N3O3/c21-20(22)15-8-9-16(19-12-15)18-11-14-7-4-10-23-17(14)13-5-2-1-3-6-13/h1-3,5-6,8-9,12,14,17H,4,7,10-11H2,(H,18,19). The van der Waals surface area contributed by atoms with Crippen LogP contribution < -0.4 is 5.32 Å². The smallest absolute Gasteiger partial charge is 0.287 e. The highest BCUT2D eigenvalue weighted by Crippen LogP contribution is 2.33. The molecule has 0 spiro atoms. The van der Waals surface area contributed by atoms with Crippen LogP contribution in [0.4, 0.5) is 11.5 Å². The molecule has 6 heteroatoms. The Morgan fingerprint density at radius 3 is 2.78 bits per heavy atom. The zero-order valence-corrected chi connectivity index (χ0v) is 12.7. The predicted molar refractivity (Wildman–Crippen MR) is 87.2 cm³/mol. The highest BCUT2D eigenvalue weighted by molar-refractivity contribution is 5.40. The predicted octanol–water partition coefficient (Wildman–Crippen LogP) is 3.57. The largest absolute Gasteiger partial charge is 0.373 e. The van der Waals surface area contributed by atoms with Crippen LogP contribution in [0, 0.1) is 16.0 Å². The summed E-state index contributed by atoms with van der Waals surface area (Å²) in [5, 5.41) is 13.9. The summed E-state index contributed by atoms with van der Waals surface area (Å²) in [6, 6.07) is 13.3. The van der Waals surface area contributed by atoms with E-state index in [1.165, 1.54) is 17.8 Å². The fourth-order valence-electron chi connectivity index (χ4n) is 2.90. The Bertz CT molecular complexity index is 646. The highest BCUT2D eigenvalue weighted by Gasteiger charge is 2.27. The summed E-state index contributed by atoms with van der Waals surface area (Å²) < 4.78 is 5.97. The maximum atomic E-state index is 10.6. The van der Waals surface area contributed by atoms with Gasteiger partial charge in [0.15, 0.2) is 0 Å². The third kappa shape index (κ3) is 3.84. The Kier molecular flexibility index (Phi) is 4.83. The lowest BCUT2D eigenvalue weighted by Crippen LogP contribution is -2.28. The van der Waals surface area contributed by atoms with E-state index >= 15 is 0 Å². The molecule has 2 aromatic rings. The van der Waals surface area contributed by atoms with Gasteiger partial charge in [-0.15, -0.1) is 0 Å².